The van der Waals surface area contributed by atoms with Crippen LogP contribution in [0.1, 0.15) is 40.2 Å². The van der Waals surface area contributed by atoms with Crippen LogP contribution in [0.4, 0.5) is 0 Å². The maximum absolute atomic E-state index is 10.9. The molecule has 0 unspecified atom stereocenters. The van der Waals surface area contributed by atoms with E-state index in [4.69, 9.17) is 5.73 Å². The molecular weight excluding hydrogens is 162 g/mol. The zero-order valence-corrected chi connectivity index (χ0v) is 7.71. The monoisotopic (exact) mass is 175 g/mol. The highest BCUT2D eigenvalue weighted by Gasteiger charge is 2.24. The summed E-state index contributed by atoms with van der Waals surface area (Å²) in [6.45, 7) is 2.04. The number of primary amides is 1. The Morgan fingerprint density at radius 1 is 1.46 bits per heavy atom. The number of amides is 1. The van der Waals surface area contributed by atoms with E-state index in [1.54, 1.807) is 0 Å². The molecule has 0 spiro atoms. The van der Waals surface area contributed by atoms with Gasteiger partial charge in [0.05, 0.1) is 0 Å². The van der Waals surface area contributed by atoms with Gasteiger partial charge in [0.25, 0.3) is 0 Å². The lowest BCUT2D eigenvalue weighted by atomic mass is 10.0. The van der Waals surface area contributed by atoms with Crippen LogP contribution in [-0.4, -0.2) is 5.91 Å². The fourth-order valence-electron chi connectivity index (χ4n) is 1.68. The highest BCUT2D eigenvalue weighted by molar-refractivity contribution is 5.93. The van der Waals surface area contributed by atoms with Gasteiger partial charge in [0.15, 0.2) is 0 Å². The van der Waals surface area contributed by atoms with E-state index < -0.39 is 0 Å². The molecule has 0 saturated heterocycles. The Morgan fingerprint density at radius 2 is 2.15 bits per heavy atom. The summed E-state index contributed by atoms with van der Waals surface area (Å²) in [7, 11) is 0. The van der Waals surface area contributed by atoms with Crippen LogP contribution < -0.4 is 5.73 Å². The third-order valence-corrected chi connectivity index (χ3v) is 2.57. The Kier molecular flexibility index (Phi) is 1.83. The van der Waals surface area contributed by atoms with E-state index in [-0.39, 0.29) is 5.91 Å². The largest absolute Gasteiger partial charge is 0.366 e. The Labute approximate surface area is 77.8 Å². The maximum Gasteiger partial charge on any atom is 0.248 e. The SMILES string of the molecule is Cc1cc(C(N)=O)ccc1C1CC1. The summed E-state index contributed by atoms with van der Waals surface area (Å²) in [6, 6.07) is 5.74. The van der Waals surface area contributed by atoms with Crippen LogP contribution in [-0.2, 0) is 0 Å². The number of nitrogens with two attached hydrogens (primary N) is 1. The number of carbonyl (C=O) groups is 1. The average molecular weight is 175 g/mol. The molecule has 0 aliphatic heterocycles. The lowest BCUT2D eigenvalue weighted by Gasteiger charge is -2.04. The van der Waals surface area contributed by atoms with Crippen molar-refractivity contribution in [2.24, 2.45) is 5.73 Å². The van der Waals surface area contributed by atoms with Gasteiger partial charge in [-0.2, -0.15) is 0 Å². The lowest BCUT2D eigenvalue weighted by Crippen LogP contribution is -2.11. The standard InChI is InChI=1S/C11H13NO/c1-7-6-9(11(12)13)4-5-10(7)8-2-3-8/h4-6,8H,2-3H2,1H3,(H2,12,13). The highest BCUT2D eigenvalue weighted by atomic mass is 16.1. The van der Waals surface area contributed by atoms with Gasteiger partial charge in [-0.1, -0.05) is 6.07 Å². The summed E-state index contributed by atoms with van der Waals surface area (Å²) in [6.07, 6.45) is 2.58. The van der Waals surface area contributed by atoms with Crippen molar-refractivity contribution in [2.75, 3.05) is 0 Å². The minimum Gasteiger partial charge on any atom is -0.366 e. The van der Waals surface area contributed by atoms with Crippen molar-refractivity contribution in [3.05, 3.63) is 34.9 Å². The normalized spacial score (nSPS) is 15.8. The zero-order valence-electron chi connectivity index (χ0n) is 7.71. The highest BCUT2D eigenvalue weighted by Crippen LogP contribution is 2.41. The second-order valence-electron chi connectivity index (χ2n) is 3.71. The summed E-state index contributed by atoms with van der Waals surface area (Å²) < 4.78 is 0. The molecule has 0 heterocycles. The molecule has 13 heavy (non-hydrogen) atoms. The molecule has 1 fully saturated rings. The molecule has 0 radical (unpaired) electrons. The van der Waals surface area contributed by atoms with Gasteiger partial charge in [-0.3, -0.25) is 4.79 Å². The van der Waals surface area contributed by atoms with E-state index in [0.29, 0.717) is 5.56 Å². The summed E-state index contributed by atoms with van der Waals surface area (Å²) in [5.74, 6) is 0.396. The number of carbonyl (C=O) groups excluding carboxylic acids is 1. The molecular formula is C11H13NO. The van der Waals surface area contributed by atoms with Gasteiger partial charge in [0, 0.05) is 5.56 Å². The number of hydrogen-bond donors (Lipinski definition) is 1. The van der Waals surface area contributed by atoms with E-state index >= 15 is 0 Å². The van der Waals surface area contributed by atoms with Crippen molar-refractivity contribution in [1.82, 2.24) is 0 Å². The molecule has 1 aliphatic carbocycles. The first kappa shape index (κ1) is 8.30. The van der Waals surface area contributed by atoms with E-state index in [0.717, 1.165) is 5.92 Å². The fraction of sp³-hybridized carbons (Fsp3) is 0.364. The van der Waals surface area contributed by atoms with E-state index in [1.807, 2.05) is 25.1 Å². The molecule has 2 heteroatoms. The van der Waals surface area contributed by atoms with Gasteiger partial charge in [0.1, 0.15) is 0 Å². The topological polar surface area (TPSA) is 43.1 Å². The summed E-state index contributed by atoms with van der Waals surface area (Å²) in [5.41, 5.74) is 8.37. The van der Waals surface area contributed by atoms with Crippen molar-refractivity contribution in [3.63, 3.8) is 0 Å². The predicted molar refractivity (Wildman–Crippen MR) is 51.7 cm³/mol. The molecule has 0 atom stereocenters. The van der Waals surface area contributed by atoms with E-state index in [9.17, 15) is 4.79 Å². The van der Waals surface area contributed by atoms with Gasteiger partial charge in [-0.25, -0.2) is 0 Å². The predicted octanol–water partition coefficient (Wildman–Crippen LogP) is 1.97. The van der Waals surface area contributed by atoms with Crippen molar-refractivity contribution in [2.45, 2.75) is 25.7 Å². The van der Waals surface area contributed by atoms with E-state index in [1.165, 1.54) is 24.0 Å². The van der Waals surface area contributed by atoms with Gasteiger partial charge in [-0.05, 0) is 48.9 Å². The third kappa shape index (κ3) is 1.57. The molecule has 1 aromatic carbocycles. The number of aryl methyl sites for hydroxylation is 1. The Balaban J connectivity index is 2.36. The molecule has 0 aromatic heterocycles. The van der Waals surface area contributed by atoms with Crippen LogP contribution >= 0.6 is 0 Å². The molecule has 1 saturated carbocycles. The summed E-state index contributed by atoms with van der Waals surface area (Å²) in [5, 5.41) is 0. The molecule has 0 bridgehead atoms. The van der Waals surface area contributed by atoms with E-state index in [2.05, 4.69) is 0 Å². The second-order valence-corrected chi connectivity index (χ2v) is 3.71. The molecule has 2 rings (SSSR count). The average Bonchev–Trinajstić information content (AvgIpc) is 2.87. The minimum atomic E-state index is -0.342. The Bertz CT molecular complexity index is 353. The van der Waals surface area contributed by atoms with Crippen molar-refractivity contribution in [3.8, 4) is 0 Å². The number of hydrogen-bond acceptors (Lipinski definition) is 1. The van der Waals surface area contributed by atoms with Crippen molar-refractivity contribution in [1.29, 1.82) is 0 Å². The Morgan fingerprint density at radius 3 is 2.62 bits per heavy atom. The van der Waals surface area contributed by atoms with Gasteiger partial charge in [0.2, 0.25) is 5.91 Å². The lowest BCUT2D eigenvalue weighted by molar-refractivity contribution is 0.1000. The van der Waals surface area contributed by atoms with Gasteiger partial charge in [-0.15, -0.1) is 0 Å². The molecule has 1 aliphatic rings. The first-order valence-corrected chi connectivity index (χ1v) is 4.59. The van der Waals surface area contributed by atoms with Crippen molar-refractivity contribution >= 4 is 5.91 Å². The second kappa shape index (κ2) is 2.87. The van der Waals surface area contributed by atoms with Crippen molar-refractivity contribution < 1.29 is 4.79 Å². The number of benzene rings is 1. The molecule has 2 nitrogen and oxygen atoms in total. The smallest absolute Gasteiger partial charge is 0.248 e. The summed E-state index contributed by atoms with van der Waals surface area (Å²) >= 11 is 0. The first-order chi connectivity index (χ1) is 6.18. The van der Waals surface area contributed by atoms with Gasteiger partial charge >= 0.3 is 0 Å². The van der Waals surface area contributed by atoms with Crippen LogP contribution in [0.25, 0.3) is 0 Å². The fourth-order valence-corrected chi connectivity index (χ4v) is 1.68. The van der Waals surface area contributed by atoms with Crippen LogP contribution in [0.5, 0.6) is 0 Å². The third-order valence-electron chi connectivity index (χ3n) is 2.57. The molecule has 68 valence electrons. The molecule has 2 N–H and O–H groups in total. The van der Waals surface area contributed by atoms with Crippen LogP contribution in [0.15, 0.2) is 18.2 Å². The maximum atomic E-state index is 10.9. The molecule has 1 amide bonds. The molecule has 1 aromatic rings. The van der Waals surface area contributed by atoms with Crippen LogP contribution in [0, 0.1) is 6.92 Å². The summed E-state index contributed by atoms with van der Waals surface area (Å²) in [4.78, 5) is 10.9. The zero-order chi connectivity index (χ0) is 9.42. The van der Waals surface area contributed by atoms with Crippen LogP contribution in [0.2, 0.25) is 0 Å². The van der Waals surface area contributed by atoms with Crippen LogP contribution in [0.3, 0.4) is 0 Å². The minimum absolute atomic E-state index is 0.342. The number of rotatable bonds is 2. The quantitative estimate of drug-likeness (QED) is 0.733. The Hall–Kier alpha value is -1.31. The first-order valence-electron chi connectivity index (χ1n) is 4.59. The van der Waals surface area contributed by atoms with Gasteiger partial charge < -0.3 is 5.73 Å².